The highest BCUT2D eigenvalue weighted by Crippen LogP contribution is 2.39. The zero-order valence-corrected chi connectivity index (χ0v) is 20.2. The van der Waals surface area contributed by atoms with E-state index in [1.54, 1.807) is 27.7 Å². The van der Waals surface area contributed by atoms with Gasteiger partial charge in [-0.15, -0.1) is 0 Å². The standard InChI is InChI=1S/C25H29N7O3/c1-33-19-9-17(10-20(34-2)23(19)35-3)31-13-22(26-14-31)29-24-18-11-27-32(12-16-6-7-16)25(18)30-21(28-24)8-15-4-5-15/h9-11,13-16H,4-8,12H2,1-3H3,(H,28,29,30). The molecule has 0 spiro atoms. The van der Waals surface area contributed by atoms with E-state index in [0.717, 1.165) is 41.3 Å². The molecule has 3 heterocycles. The number of fused-ring (bicyclic) bond motifs is 1. The number of hydrogen-bond donors (Lipinski definition) is 1. The summed E-state index contributed by atoms with van der Waals surface area (Å²) < 4.78 is 20.4. The molecule has 2 saturated carbocycles. The maximum atomic E-state index is 5.49. The van der Waals surface area contributed by atoms with Crippen LogP contribution in [0.2, 0.25) is 0 Å². The summed E-state index contributed by atoms with van der Waals surface area (Å²) in [5.41, 5.74) is 1.73. The fourth-order valence-electron chi connectivity index (χ4n) is 4.31. The van der Waals surface area contributed by atoms with Crippen LogP contribution in [0, 0.1) is 11.8 Å². The molecule has 2 aliphatic carbocycles. The van der Waals surface area contributed by atoms with Crippen molar-refractivity contribution in [1.82, 2.24) is 29.3 Å². The van der Waals surface area contributed by atoms with Gasteiger partial charge < -0.3 is 24.1 Å². The van der Waals surface area contributed by atoms with Gasteiger partial charge in [0.25, 0.3) is 0 Å². The van der Waals surface area contributed by atoms with Gasteiger partial charge in [0.05, 0.1) is 44.8 Å². The van der Waals surface area contributed by atoms with Crippen molar-refractivity contribution in [3.8, 4) is 22.9 Å². The summed E-state index contributed by atoms with van der Waals surface area (Å²) in [5.74, 6) is 5.39. The number of benzene rings is 1. The number of hydrogen-bond acceptors (Lipinski definition) is 8. The zero-order chi connectivity index (χ0) is 23.9. The Morgan fingerprint density at radius 1 is 0.971 bits per heavy atom. The van der Waals surface area contributed by atoms with E-state index in [9.17, 15) is 0 Å². The van der Waals surface area contributed by atoms with Gasteiger partial charge >= 0.3 is 0 Å². The number of nitrogens with zero attached hydrogens (tertiary/aromatic N) is 6. The highest BCUT2D eigenvalue weighted by molar-refractivity contribution is 5.88. The van der Waals surface area contributed by atoms with Crippen molar-refractivity contribution in [3.63, 3.8) is 0 Å². The third-order valence-electron chi connectivity index (χ3n) is 6.62. The topological polar surface area (TPSA) is 101 Å². The molecule has 0 aliphatic heterocycles. The van der Waals surface area contributed by atoms with Crippen LogP contribution in [-0.2, 0) is 13.0 Å². The third-order valence-corrected chi connectivity index (χ3v) is 6.62. The molecule has 10 heteroatoms. The lowest BCUT2D eigenvalue weighted by molar-refractivity contribution is 0.324. The zero-order valence-electron chi connectivity index (χ0n) is 20.2. The fraction of sp³-hybridized carbons (Fsp3) is 0.440. The molecule has 0 unspecified atom stereocenters. The minimum atomic E-state index is 0.548. The number of rotatable bonds is 10. The van der Waals surface area contributed by atoms with Gasteiger partial charge in [0.2, 0.25) is 5.75 Å². The van der Waals surface area contributed by atoms with E-state index in [1.807, 2.05) is 33.8 Å². The lowest BCUT2D eigenvalue weighted by Gasteiger charge is -2.14. The van der Waals surface area contributed by atoms with Gasteiger partial charge in [-0.25, -0.2) is 19.6 Å². The summed E-state index contributed by atoms with van der Waals surface area (Å²) in [6.07, 6.45) is 11.5. The normalized spacial score (nSPS) is 15.4. The molecular weight excluding hydrogens is 446 g/mol. The van der Waals surface area contributed by atoms with Crippen molar-refractivity contribution in [2.75, 3.05) is 26.6 Å². The Hall–Kier alpha value is -3.82. The molecule has 0 amide bonds. The van der Waals surface area contributed by atoms with Gasteiger partial charge in [0, 0.05) is 25.1 Å². The Morgan fingerprint density at radius 2 is 1.71 bits per heavy atom. The van der Waals surface area contributed by atoms with E-state index in [2.05, 4.69) is 15.4 Å². The smallest absolute Gasteiger partial charge is 0.203 e. The quantitative estimate of drug-likeness (QED) is 0.365. The van der Waals surface area contributed by atoms with Crippen molar-refractivity contribution < 1.29 is 14.2 Å². The molecule has 0 saturated heterocycles. The van der Waals surface area contributed by atoms with Gasteiger partial charge in [0.1, 0.15) is 23.8 Å². The van der Waals surface area contributed by atoms with Crippen molar-refractivity contribution in [2.24, 2.45) is 11.8 Å². The Labute approximate surface area is 203 Å². The van der Waals surface area contributed by atoms with Crippen LogP contribution >= 0.6 is 0 Å². The van der Waals surface area contributed by atoms with Gasteiger partial charge in [-0.05, 0) is 37.5 Å². The second-order valence-electron chi connectivity index (χ2n) is 9.32. The fourth-order valence-corrected chi connectivity index (χ4v) is 4.31. The van der Waals surface area contributed by atoms with Crippen LogP contribution in [-0.4, -0.2) is 50.6 Å². The minimum Gasteiger partial charge on any atom is -0.493 e. The summed E-state index contributed by atoms with van der Waals surface area (Å²) in [6, 6.07) is 3.76. The van der Waals surface area contributed by atoms with Crippen LogP contribution in [0.25, 0.3) is 16.7 Å². The lowest BCUT2D eigenvalue weighted by atomic mass is 10.2. The summed E-state index contributed by atoms with van der Waals surface area (Å²) in [7, 11) is 4.79. The molecule has 4 aromatic rings. The first-order valence-corrected chi connectivity index (χ1v) is 12.0. The average molecular weight is 476 g/mol. The molecule has 35 heavy (non-hydrogen) atoms. The van der Waals surface area contributed by atoms with Gasteiger partial charge in [-0.3, -0.25) is 0 Å². The van der Waals surface area contributed by atoms with E-state index in [4.69, 9.17) is 24.2 Å². The van der Waals surface area contributed by atoms with Gasteiger partial charge in [-0.1, -0.05) is 0 Å². The lowest BCUT2D eigenvalue weighted by Crippen LogP contribution is -2.07. The molecule has 0 bridgehead atoms. The number of aromatic nitrogens is 6. The van der Waals surface area contributed by atoms with Crippen molar-refractivity contribution in [2.45, 2.75) is 38.6 Å². The molecule has 3 aromatic heterocycles. The summed E-state index contributed by atoms with van der Waals surface area (Å²) in [4.78, 5) is 14.3. The highest BCUT2D eigenvalue weighted by atomic mass is 16.5. The summed E-state index contributed by atoms with van der Waals surface area (Å²) in [5, 5.41) is 8.95. The second-order valence-corrected chi connectivity index (χ2v) is 9.32. The molecule has 2 aliphatic rings. The van der Waals surface area contributed by atoms with Crippen LogP contribution in [0.3, 0.4) is 0 Å². The van der Waals surface area contributed by atoms with E-state index in [0.29, 0.717) is 34.9 Å². The van der Waals surface area contributed by atoms with Crippen molar-refractivity contribution in [3.05, 3.63) is 36.7 Å². The van der Waals surface area contributed by atoms with Crippen molar-refractivity contribution in [1.29, 1.82) is 0 Å². The number of ether oxygens (including phenoxy) is 3. The highest BCUT2D eigenvalue weighted by Gasteiger charge is 2.26. The monoisotopic (exact) mass is 475 g/mol. The first-order chi connectivity index (χ1) is 17.1. The molecular formula is C25H29N7O3. The van der Waals surface area contributed by atoms with Crippen LogP contribution in [0.1, 0.15) is 31.5 Å². The van der Waals surface area contributed by atoms with Crippen LogP contribution < -0.4 is 19.5 Å². The maximum absolute atomic E-state index is 5.49. The molecule has 10 nitrogen and oxygen atoms in total. The number of nitrogens with one attached hydrogen (secondary N) is 1. The Morgan fingerprint density at radius 3 is 2.37 bits per heavy atom. The minimum absolute atomic E-state index is 0.548. The molecule has 182 valence electrons. The predicted molar refractivity (Wildman–Crippen MR) is 131 cm³/mol. The molecule has 0 atom stereocenters. The van der Waals surface area contributed by atoms with E-state index in [1.165, 1.54) is 25.7 Å². The first-order valence-electron chi connectivity index (χ1n) is 12.0. The first kappa shape index (κ1) is 21.7. The largest absolute Gasteiger partial charge is 0.493 e. The number of methoxy groups -OCH3 is 3. The van der Waals surface area contributed by atoms with E-state index in [-0.39, 0.29) is 0 Å². The summed E-state index contributed by atoms with van der Waals surface area (Å²) >= 11 is 0. The SMILES string of the molecule is COc1cc(-n2cnc(Nc3nc(CC4CC4)nc4c3cnn4CC3CC3)c2)cc(OC)c1OC. The molecule has 1 N–H and O–H groups in total. The van der Waals surface area contributed by atoms with E-state index < -0.39 is 0 Å². The Balaban J connectivity index is 1.33. The number of imidazole rings is 1. The van der Waals surface area contributed by atoms with E-state index >= 15 is 0 Å². The van der Waals surface area contributed by atoms with Crippen LogP contribution in [0.15, 0.2) is 30.9 Å². The molecule has 0 radical (unpaired) electrons. The van der Waals surface area contributed by atoms with Gasteiger partial charge in [0.15, 0.2) is 17.1 Å². The van der Waals surface area contributed by atoms with Gasteiger partial charge in [-0.2, -0.15) is 5.10 Å². The summed E-state index contributed by atoms with van der Waals surface area (Å²) in [6.45, 7) is 0.915. The molecule has 2 fully saturated rings. The second kappa shape index (κ2) is 8.75. The van der Waals surface area contributed by atoms with Crippen LogP contribution in [0.4, 0.5) is 11.6 Å². The maximum Gasteiger partial charge on any atom is 0.203 e. The molecule has 1 aromatic carbocycles. The Kier molecular flexibility index (Phi) is 5.43. The average Bonchev–Trinajstić information content (AvgIpc) is 3.78. The third kappa shape index (κ3) is 4.36. The number of anilines is 2. The van der Waals surface area contributed by atoms with Crippen LogP contribution in [0.5, 0.6) is 17.2 Å². The Bertz CT molecular complexity index is 1350. The molecule has 6 rings (SSSR count). The predicted octanol–water partition coefficient (Wildman–Crippen LogP) is 4.14. The van der Waals surface area contributed by atoms with Crippen molar-refractivity contribution >= 4 is 22.7 Å².